The van der Waals surface area contributed by atoms with E-state index in [-0.39, 0.29) is 22.5 Å². The highest BCUT2D eigenvalue weighted by atomic mass is 32.2. The number of ether oxygens (including phenoxy) is 1. The molecular formula is C31H33N3O7S. The number of methoxy groups -OCH3 is 1. The Bertz CT molecular complexity index is 1720. The summed E-state index contributed by atoms with van der Waals surface area (Å²) in [6.07, 6.45) is 0.326. The van der Waals surface area contributed by atoms with E-state index in [1.54, 1.807) is 82.3 Å². The molecule has 0 spiro atoms. The van der Waals surface area contributed by atoms with Crippen LogP contribution in [0.25, 0.3) is 22.1 Å². The average molecular weight is 592 g/mol. The quantitative estimate of drug-likeness (QED) is 0.207. The maximum absolute atomic E-state index is 13.1. The van der Waals surface area contributed by atoms with Crippen molar-refractivity contribution in [2.75, 3.05) is 17.7 Å². The summed E-state index contributed by atoms with van der Waals surface area (Å²) in [5.41, 5.74) is 3.79. The summed E-state index contributed by atoms with van der Waals surface area (Å²) in [5.74, 6) is -1.38. The van der Waals surface area contributed by atoms with Crippen LogP contribution in [0.15, 0.2) is 76.0 Å². The number of sulfonamides is 1. The van der Waals surface area contributed by atoms with Crippen LogP contribution in [-0.2, 0) is 24.3 Å². The number of esters is 1. The molecule has 0 aliphatic heterocycles. The summed E-state index contributed by atoms with van der Waals surface area (Å²) < 4.78 is 38.7. The number of carbonyl (C=O) groups excluding carboxylic acids is 3. The van der Waals surface area contributed by atoms with Crippen molar-refractivity contribution >= 4 is 50.2 Å². The summed E-state index contributed by atoms with van der Waals surface area (Å²) in [7, 11) is -2.75. The topological polar surface area (TPSA) is 144 Å². The van der Waals surface area contributed by atoms with E-state index in [1.165, 1.54) is 19.2 Å². The largest absolute Gasteiger partial charge is 0.468 e. The van der Waals surface area contributed by atoms with Gasteiger partial charge in [-0.1, -0.05) is 51.1 Å². The Morgan fingerprint density at radius 2 is 1.52 bits per heavy atom. The highest BCUT2D eigenvalue weighted by molar-refractivity contribution is 7.89. The van der Waals surface area contributed by atoms with Crippen molar-refractivity contribution in [2.45, 2.75) is 45.1 Å². The van der Waals surface area contributed by atoms with Gasteiger partial charge in [0.05, 0.1) is 17.7 Å². The Labute approximate surface area is 244 Å². The van der Waals surface area contributed by atoms with Gasteiger partial charge in [0.2, 0.25) is 15.9 Å². The fourth-order valence-electron chi connectivity index (χ4n) is 4.44. The lowest BCUT2D eigenvalue weighted by Gasteiger charge is -2.19. The van der Waals surface area contributed by atoms with Crippen molar-refractivity contribution in [3.8, 4) is 11.1 Å². The number of fused-ring (bicyclic) bond motifs is 1. The number of rotatable bonds is 10. The fraction of sp³-hybridized carbons (Fsp3) is 0.258. The number of hydrogen-bond donors (Lipinski definition) is 3. The van der Waals surface area contributed by atoms with Gasteiger partial charge in [-0.3, -0.25) is 14.4 Å². The molecule has 0 fully saturated rings. The van der Waals surface area contributed by atoms with Gasteiger partial charge >= 0.3 is 5.97 Å². The molecule has 42 heavy (non-hydrogen) atoms. The maximum atomic E-state index is 13.1. The third-order valence-corrected chi connectivity index (χ3v) is 8.26. The molecule has 0 aliphatic carbocycles. The normalized spacial score (nSPS) is 12.2. The first kappa shape index (κ1) is 30.5. The first-order valence-corrected chi connectivity index (χ1v) is 14.9. The Hall–Kier alpha value is -4.48. The van der Waals surface area contributed by atoms with Crippen LogP contribution in [0.1, 0.15) is 43.3 Å². The maximum Gasteiger partial charge on any atom is 0.324 e. The third kappa shape index (κ3) is 6.53. The van der Waals surface area contributed by atoms with E-state index in [2.05, 4.69) is 15.4 Å². The minimum atomic E-state index is -3.96. The van der Waals surface area contributed by atoms with E-state index in [9.17, 15) is 22.8 Å². The molecule has 0 saturated carbocycles. The fourth-order valence-corrected chi connectivity index (χ4v) is 5.77. The smallest absolute Gasteiger partial charge is 0.324 e. The van der Waals surface area contributed by atoms with Crippen molar-refractivity contribution in [2.24, 2.45) is 5.92 Å². The molecule has 0 aliphatic rings. The van der Waals surface area contributed by atoms with Crippen LogP contribution in [-0.4, -0.2) is 39.4 Å². The molecule has 11 heteroatoms. The number of carbonyl (C=O) groups is 3. The number of aryl methyl sites for hydroxylation is 1. The predicted octanol–water partition coefficient (Wildman–Crippen LogP) is 5.48. The van der Waals surface area contributed by atoms with Crippen LogP contribution in [0.3, 0.4) is 0 Å². The zero-order chi connectivity index (χ0) is 30.6. The zero-order valence-corrected chi connectivity index (χ0v) is 24.8. The Balaban J connectivity index is 1.48. The highest BCUT2D eigenvalue weighted by Crippen LogP contribution is 2.32. The van der Waals surface area contributed by atoms with Gasteiger partial charge in [0.25, 0.3) is 5.91 Å². The number of hydrogen-bond acceptors (Lipinski definition) is 7. The van der Waals surface area contributed by atoms with Gasteiger partial charge in [-0.15, -0.1) is 0 Å². The number of amides is 2. The second-order valence-electron chi connectivity index (χ2n) is 10.1. The second-order valence-corrected chi connectivity index (χ2v) is 11.8. The molecular weight excluding hydrogens is 558 g/mol. The molecule has 1 heterocycles. The summed E-state index contributed by atoms with van der Waals surface area (Å²) in [6.45, 7) is 6.98. The van der Waals surface area contributed by atoms with Crippen LogP contribution in [0.5, 0.6) is 0 Å². The molecule has 3 N–H and O–H groups in total. The van der Waals surface area contributed by atoms with Crippen molar-refractivity contribution in [3.05, 3.63) is 78.1 Å². The first-order chi connectivity index (χ1) is 19.9. The molecule has 1 atom stereocenters. The lowest BCUT2D eigenvalue weighted by atomic mass is 10.1. The minimum Gasteiger partial charge on any atom is -0.468 e. The molecule has 4 rings (SSSR count). The summed E-state index contributed by atoms with van der Waals surface area (Å²) in [5, 5.41) is 6.35. The summed E-state index contributed by atoms with van der Waals surface area (Å²) >= 11 is 0. The van der Waals surface area contributed by atoms with Gasteiger partial charge in [-0.2, -0.15) is 4.72 Å². The molecule has 10 nitrogen and oxygen atoms in total. The number of furan rings is 1. The standard InChI is InChI=1S/C31H33N3O7S/c1-6-26(35)33-24-8-7-9-25-27(24)19(4)29(41-25)30(36)32-22-14-10-20(11-15-22)21-12-16-23(17-13-21)42(38,39)34-28(18(2)3)31(37)40-5/h7-18,28,34H,6H2,1-5H3,(H,32,36)(H,33,35)/t28-/m0/s1. The van der Waals surface area contributed by atoms with Gasteiger partial charge in [-0.25, -0.2) is 8.42 Å². The monoisotopic (exact) mass is 591 g/mol. The van der Waals surface area contributed by atoms with E-state index >= 15 is 0 Å². The van der Waals surface area contributed by atoms with Gasteiger partial charge < -0.3 is 19.8 Å². The molecule has 4 aromatic rings. The zero-order valence-electron chi connectivity index (χ0n) is 24.0. The highest BCUT2D eigenvalue weighted by Gasteiger charge is 2.29. The van der Waals surface area contributed by atoms with Crippen molar-refractivity contribution in [3.63, 3.8) is 0 Å². The van der Waals surface area contributed by atoms with Crippen molar-refractivity contribution in [1.29, 1.82) is 0 Å². The van der Waals surface area contributed by atoms with Crippen LogP contribution >= 0.6 is 0 Å². The van der Waals surface area contributed by atoms with E-state index in [1.807, 2.05) is 0 Å². The lowest BCUT2D eigenvalue weighted by Crippen LogP contribution is -2.44. The molecule has 0 unspecified atom stereocenters. The van der Waals surface area contributed by atoms with Gasteiger partial charge in [0, 0.05) is 23.1 Å². The van der Waals surface area contributed by atoms with Gasteiger partial charge in [-0.05, 0) is 60.4 Å². The SMILES string of the molecule is CCC(=O)Nc1cccc2oc(C(=O)Nc3ccc(-c4ccc(S(=O)(=O)N[C@H](C(=O)OC)C(C)C)cc4)cc3)c(C)c12. The molecule has 220 valence electrons. The van der Waals surface area contributed by atoms with Gasteiger partial charge in [0.1, 0.15) is 11.6 Å². The van der Waals surface area contributed by atoms with E-state index in [0.29, 0.717) is 34.3 Å². The van der Waals surface area contributed by atoms with Crippen LogP contribution in [0.2, 0.25) is 0 Å². The Morgan fingerprint density at radius 1 is 0.905 bits per heavy atom. The minimum absolute atomic E-state index is 0.0170. The first-order valence-electron chi connectivity index (χ1n) is 13.4. The average Bonchev–Trinajstić information content (AvgIpc) is 3.33. The molecule has 0 radical (unpaired) electrons. The van der Waals surface area contributed by atoms with E-state index < -0.39 is 27.9 Å². The van der Waals surface area contributed by atoms with E-state index in [4.69, 9.17) is 9.15 Å². The number of anilines is 2. The van der Waals surface area contributed by atoms with E-state index in [0.717, 1.165) is 11.1 Å². The van der Waals surface area contributed by atoms with Crippen LogP contribution < -0.4 is 15.4 Å². The lowest BCUT2D eigenvalue weighted by molar-refractivity contribution is -0.143. The molecule has 0 bridgehead atoms. The number of nitrogens with one attached hydrogen (secondary N) is 3. The van der Waals surface area contributed by atoms with Crippen LogP contribution in [0, 0.1) is 12.8 Å². The van der Waals surface area contributed by atoms with Crippen molar-refractivity contribution in [1.82, 2.24) is 4.72 Å². The molecule has 2 amide bonds. The van der Waals surface area contributed by atoms with Crippen molar-refractivity contribution < 1.29 is 32.0 Å². The third-order valence-electron chi connectivity index (χ3n) is 6.80. The summed E-state index contributed by atoms with van der Waals surface area (Å²) in [4.78, 5) is 37.0. The number of benzene rings is 3. The Kier molecular flexibility index (Phi) is 9.13. The molecule has 0 saturated heterocycles. The molecule has 1 aromatic heterocycles. The summed E-state index contributed by atoms with van der Waals surface area (Å²) in [6, 6.07) is 17.6. The second kappa shape index (κ2) is 12.6. The molecule has 3 aromatic carbocycles. The van der Waals surface area contributed by atoms with Crippen LogP contribution in [0.4, 0.5) is 11.4 Å². The predicted molar refractivity (Wildman–Crippen MR) is 161 cm³/mol. The van der Waals surface area contributed by atoms with Gasteiger partial charge in [0.15, 0.2) is 5.76 Å². The Morgan fingerprint density at radius 3 is 2.10 bits per heavy atom.